The van der Waals surface area contributed by atoms with Crippen molar-refractivity contribution in [2.24, 2.45) is 0 Å². The number of carbonyl (C=O) groups is 1. The molecule has 4 rings (SSSR count). The molecule has 1 amide bonds. The standard InChI is InChI=1S/C24H25F3N4O2S/c1-17-2-4-18(5-3-17)23-29-20(16-34-23)14-30-10-12-31(13-11-30)15-22(32)28-19-6-8-21(9-7-19)33-24(25,26)27/h2-9,16H,10-15H2,1H3,(H,28,32). The van der Waals surface area contributed by atoms with Gasteiger partial charge in [-0.3, -0.25) is 14.6 Å². The molecule has 0 spiro atoms. The summed E-state index contributed by atoms with van der Waals surface area (Å²) in [5, 5.41) is 5.83. The molecule has 0 aliphatic carbocycles. The number of ether oxygens (including phenoxy) is 1. The predicted octanol–water partition coefficient (Wildman–Crippen LogP) is 4.77. The Kier molecular flexibility index (Phi) is 7.50. The molecular formula is C24H25F3N4O2S. The second-order valence-corrected chi connectivity index (χ2v) is 9.04. The number of aryl methyl sites for hydroxylation is 1. The first kappa shape index (κ1) is 24.2. The molecule has 180 valence electrons. The third kappa shape index (κ3) is 7.02. The molecule has 0 radical (unpaired) electrons. The van der Waals surface area contributed by atoms with Gasteiger partial charge in [-0.1, -0.05) is 29.8 Å². The molecule has 1 saturated heterocycles. The number of aromatic nitrogens is 1. The fraction of sp³-hybridized carbons (Fsp3) is 0.333. The van der Waals surface area contributed by atoms with Gasteiger partial charge in [0, 0.05) is 49.4 Å². The fourth-order valence-electron chi connectivity index (χ4n) is 3.69. The van der Waals surface area contributed by atoms with E-state index < -0.39 is 6.36 Å². The van der Waals surface area contributed by atoms with E-state index in [4.69, 9.17) is 4.98 Å². The van der Waals surface area contributed by atoms with Crippen LogP contribution < -0.4 is 10.1 Å². The van der Waals surface area contributed by atoms with Crippen molar-refractivity contribution >= 4 is 22.9 Å². The molecule has 34 heavy (non-hydrogen) atoms. The maximum atomic E-state index is 12.3. The first-order chi connectivity index (χ1) is 16.2. The number of alkyl halides is 3. The highest BCUT2D eigenvalue weighted by Crippen LogP contribution is 2.25. The van der Waals surface area contributed by atoms with Gasteiger partial charge in [0.15, 0.2) is 0 Å². The molecule has 0 saturated carbocycles. The van der Waals surface area contributed by atoms with Gasteiger partial charge >= 0.3 is 6.36 Å². The second kappa shape index (κ2) is 10.5. The number of benzene rings is 2. The number of halogens is 3. The smallest absolute Gasteiger partial charge is 0.406 e. The number of piperazine rings is 1. The summed E-state index contributed by atoms with van der Waals surface area (Å²) in [6, 6.07) is 13.5. The number of nitrogens with zero attached hydrogens (tertiary/aromatic N) is 3. The van der Waals surface area contributed by atoms with Crippen LogP contribution in [0.1, 0.15) is 11.3 Å². The molecule has 1 aromatic heterocycles. The monoisotopic (exact) mass is 490 g/mol. The van der Waals surface area contributed by atoms with Crippen LogP contribution in [-0.4, -0.2) is 59.8 Å². The number of hydrogen-bond acceptors (Lipinski definition) is 6. The van der Waals surface area contributed by atoms with Crippen molar-refractivity contribution in [1.82, 2.24) is 14.8 Å². The van der Waals surface area contributed by atoms with E-state index in [1.54, 1.807) is 11.3 Å². The molecule has 1 aliphatic heterocycles. The van der Waals surface area contributed by atoms with Gasteiger partial charge in [-0.05, 0) is 31.2 Å². The van der Waals surface area contributed by atoms with Crippen LogP contribution in [0.15, 0.2) is 53.9 Å². The molecule has 1 N–H and O–H groups in total. The minimum Gasteiger partial charge on any atom is -0.406 e. The lowest BCUT2D eigenvalue weighted by Crippen LogP contribution is -2.48. The number of nitrogens with one attached hydrogen (secondary N) is 1. The Morgan fingerprint density at radius 1 is 1.03 bits per heavy atom. The van der Waals surface area contributed by atoms with Gasteiger partial charge in [0.05, 0.1) is 12.2 Å². The predicted molar refractivity (Wildman–Crippen MR) is 126 cm³/mol. The lowest BCUT2D eigenvalue weighted by molar-refractivity contribution is -0.274. The van der Waals surface area contributed by atoms with E-state index in [0.29, 0.717) is 5.69 Å². The number of amides is 1. The summed E-state index contributed by atoms with van der Waals surface area (Å²) in [5.74, 6) is -0.534. The molecule has 10 heteroatoms. The Bertz CT molecular complexity index is 1090. The number of thiazole rings is 1. The highest BCUT2D eigenvalue weighted by molar-refractivity contribution is 7.13. The van der Waals surface area contributed by atoms with Crippen LogP contribution in [-0.2, 0) is 11.3 Å². The normalized spacial score (nSPS) is 15.3. The van der Waals surface area contributed by atoms with E-state index in [0.717, 1.165) is 49.0 Å². The Morgan fingerprint density at radius 2 is 1.68 bits per heavy atom. The number of carbonyl (C=O) groups excluding carboxylic acids is 1. The van der Waals surface area contributed by atoms with E-state index in [9.17, 15) is 18.0 Å². The van der Waals surface area contributed by atoms with Gasteiger partial charge in [-0.2, -0.15) is 0 Å². The minimum atomic E-state index is -4.74. The molecule has 6 nitrogen and oxygen atoms in total. The quantitative estimate of drug-likeness (QED) is 0.517. The van der Waals surface area contributed by atoms with E-state index >= 15 is 0 Å². The van der Waals surface area contributed by atoms with Gasteiger partial charge in [0.25, 0.3) is 0 Å². The summed E-state index contributed by atoms with van der Waals surface area (Å²) in [5.41, 5.74) is 3.82. The van der Waals surface area contributed by atoms with Crippen LogP contribution in [0.2, 0.25) is 0 Å². The largest absolute Gasteiger partial charge is 0.573 e. The summed E-state index contributed by atoms with van der Waals surface area (Å²) in [4.78, 5) is 21.5. The SMILES string of the molecule is Cc1ccc(-c2nc(CN3CCN(CC(=O)Nc4ccc(OC(F)(F)F)cc4)CC3)cs2)cc1. The Morgan fingerprint density at radius 3 is 2.32 bits per heavy atom. The molecule has 2 aromatic carbocycles. The van der Waals surface area contributed by atoms with Crippen LogP contribution >= 0.6 is 11.3 Å². The molecule has 2 heterocycles. The number of hydrogen-bond donors (Lipinski definition) is 1. The Balaban J connectivity index is 1.20. The maximum Gasteiger partial charge on any atom is 0.573 e. The summed E-state index contributed by atoms with van der Waals surface area (Å²) in [7, 11) is 0. The lowest BCUT2D eigenvalue weighted by Gasteiger charge is -2.33. The van der Waals surface area contributed by atoms with E-state index in [1.807, 2.05) is 0 Å². The molecule has 3 aromatic rings. The summed E-state index contributed by atoms with van der Waals surface area (Å²) in [6.45, 7) is 6.22. The van der Waals surface area contributed by atoms with Crippen molar-refractivity contribution in [3.8, 4) is 16.3 Å². The zero-order valence-electron chi connectivity index (χ0n) is 18.6. The highest BCUT2D eigenvalue weighted by Gasteiger charge is 2.31. The van der Waals surface area contributed by atoms with Crippen molar-refractivity contribution < 1.29 is 22.7 Å². The van der Waals surface area contributed by atoms with Crippen molar-refractivity contribution in [3.05, 3.63) is 65.2 Å². The minimum absolute atomic E-state index is 0.208. The van der Waals surface area contributed by atoms with Gasteiger partial charge in [0.1, 0.15) is 10.8 Å². The van der Waals surface area contributed by atoms with Crippen LogP contribution in [0.3, 0.4) is 0 Å². The zero-order valence-corrected chi connectivity index (χ0v) is 19.5. The van der Waals surface area contributed by atoms with E-state index in [-0.39, 0.29) is 18.2 Å². The molecular weight excluding hydrogens is 465 g/mol. The Hall–Kier alpha value is -2.95. The topological polar surface area (TPSA) is 57.7 Å². The van der Waals surface area contributed by atoms with Gasteiger partial charge in [-0.15, -0.1) is 24.5 Å². The molecule has 0 atom stereocenters. The second-order valence-electron chi connectivity index (χ2n) is 8.18. The molecule has 1 fully saturated rings. The average Bonchev–Trinajstić information content (AvgIpc) is 3.24. The van der Waals surface area contributed by atoms with E-state index in [1.165, 1.54) is 29.8 Å². The fourth-order valence-corrected chi connectivity index (χ4v) is 4.50. The Labute approximate surface area is 200 Å². The van der Waals surface area contributed by atoms with Crippen LogP contribution in [0.25, 0.3) is 10.6 Å². The number of rotatable bonds is 7. The molecule has 0 unspecified atom stereocenters. The summed E-state index contributed by atoms with van der Waals surface area (Å²) in [6.07, 6.45) is -4.74. The first-order valence-electron chi connectivity index (χ1n) is 10.9. The first-order valence-corrected chi connectivity index (χ1v) is 11.7. The maximum absolute atomic E-state index is 12.3. The molecule has 1 aliphatic rings. The van der Waals surface area contributed by atoms with E-state index in [2.05, 4.69) is 56.4 Å². The van der Waals surface area contributed by atoms with Crippen LogP contribution in [0.5, 0.6) is 5.75 Å². The highest BCUT2D eigenvalue weighted by atomic mass is 32.1. The van der Waals surface area contributed by atoms with Gasteiger partial charge < -0.3 is 10.1 Å². The lowest BCUT2D eigenvalue weighted by atomic mass is 10.2. The van der Waals surface area contributed by atoms with Crippen molar-refractivity contribution in [1.29, 1.82) is 0 Å². The summed E-state index contributed by atoms with van der Waals surface area (Å²) >= 11 is 1.65. The van der Waals surface area contributed by atoms with Gasteiger partial charge in [-0.25, -0.2) is 4.98 Å². The number of anilines is 1. The average molecular weight is 491 g/mol. The zero-order chi connectivity index (χ0) is 24.1. The van der Waals surface area contributed by atoms with Crippen LogP contribution in [0.4, 0.5) is 18.9 Å². The summed E-state index contributed by atoms with van der Waals surface area (Å²) < 4.78 is 40.6. The van der Waals surface area contributed by atoms with Gasteiger partial charge in [0.2, 0.25) is 5.91 Å². The third-order valence-corrected chi connectivity index (χ3v) is 6.38. The molecule has 0 bridgehead atoms. The van der Waals surface area contributed by atoms with Crippen molar-refractivity contribution in [3.63, 3.8) is 0 Å². The van der Waals surface area contributed by atoms with Crippen molar-refractivity contribution in [2.75, 3.05) is 38.0 Å². The van der Waals surface area contributed by atoms with Crippen molar-refractivity contribution in [2.45, 2.75) is 19.8 Å². The van der Waals surface area contributed by atoms with Crippen LogP contribution in [0, 0.1) is 6.92 Å². The third-order valence-electron chi connectivity index (χ3n) is 5.44.